The molecule has 0 aliphatic carbocycles. The highest BCUT2D eigenvalue weighted by molar-refractivity contribution is 7.86. The normalized spacial score (nSPS) is 18.7. The van der Waals surface area contributed by atoms with E-state index in [1.165, 1.54) is 0 Å². The number of benzene rings is 1. The van der Waals surface area contributed by atoms with E-state index < -0.39 is 68.3 Å². The van der Waals surface area contributed by atoms with Gasteiger partial charge in [-0.3, -0.25) is 4.18 Å². The van der Waals surface area contributed by atoms with Gasteiger partial charge < -0.3 is 9.47 Å². The lowest BCUT2D eigenvalue weighted by Crippen LogP contribution is -2.42. The zero-order valence-corrected chi connectivity index (χ0v) is 14.6. The summed E-state index contributed by atoms with van der Waals surface area (Å²) in [6.07, 6.45) is -9.70. The molecule has 2 rings (SSSR count). The van der Waals surface area contributed by atoms with Gasteiger partial charge in [-0.2, -0.15) is 21.6 Å². The Hall–Kier alpha value is -1.44. The first-order valence-electron chi connectivity index (χ1n) is 7.30. The quantitative estimate of drug-likeness (QED) is 0.411. The molecule has 0 amide bonds. The maximum Gasteiger partial charge on any atom is 0.416 e. The second-order valence-corrected chi connectivity index (χ2v) is 7.33. The van der Waals surface area contributed by atoms with Crippen LogP contribution in [0.5, 0.6) is 0 Å². The lowest BCUT2D eigenvalue weighted by atomic mass is 10.1. The molecule has 1 aliphatic heterocycles. The first-order chi connectivity index (χ1) is 12.2. The van der Waals surface area contributed by atoms with Crippen LogP contribution in [0.1, 0.15) is 18.9 Å². The maximum absolute atomic E-state index is 13.9. The summed E-state index contributed by atoms with van der Waals surface area (Å²) < 4.78 is 132. The van der Waals surface area contributed by atoms with Gasteiger partial charge in [0.1, 0.15) is 0 Å². The fourth-order valence-corrected chi connectivity index (χ4v) is 3.55. The fourth-order valence-electron chi connectivity index (χ4n) is 2.36. The van der Waals surface area contributed by atoms with E-state index in [1.807, 2.05) is 0 Å². The molecule has 1 heterocycles. The minimum absolute atomic E-state index is 0.0779. The number of alkyl halides is 3. The third kappa shape index (κ3) is 4.36. The van der Waals surface area contributed by atoms with Gasteiger partial charge in [0.05, 0.1) is 13.2 Å². The molecule has 1 aromatic carbocycles. The number of hydrogen-bond donors (Lipinski definition) is 0. The SMILES string of the molecule is Cc1c(F)c(F)c(S(=O)(=O)OC(CC2(C)OCCO2)C(F)(F)F)c(F)c1F. The van der Waals surface area contributed by atoms with Crippen molar-refractivity contribution in [2.75, 3.05) is 13.2 Å². The van der Waals surface area contributed by atoms with E-state index >= 15 is 0 Å². The summed E-state index contributed by atoms with van der Waals surface area (Å²) in [5.74, 6) is -10.8. The number of rotatable bonds is 5. The van der Waals surface area contributed by atoms with Crippen LogP contribution in [0, 0.1) is 30.2 Å². The number of halogens is 7. The molecule has 27 heavy (non-hydrogen) atoms. The second kappa shape index (κ2) is 7.18. The van der Waals surface area contributed by atoms with Crippen LogP contribution in [0.3, 0.4) is 0 Å². The number of hydrogen-bond acceptors (Lipinski definition) is 5. The van der Waals surface area contributed by atoms with Crippen molar-refractivity contribution in [1.82, 2.24) is 0 Å². The van der Waals surface area contributed by atoms with E-state index in [9.17, 15) is 39.2 Å². The van der Waals surface area contributed by atoms with Crippen LogP contribution in [0.2, 0.25) is 0 Å². The van der Waals surface area contributed by atoms with Crippen molar-refractivity contribution in [1.29, 1.82) is 0 Å². The molecule has 1 fully saturated rings. The third-order valence-electron chi connectivity index (χ3n) is 3.75. The largest absolute Gasteiger partial charge is 0.416 e. The molecule has 0 spiro atoms. The minimum atomic E-state index is -5.90. The molecule has 0 aromatic heterocycles. The smallest absolute Gasteiger partial charge is 0.348 e. The Labute approximate surface area is 149 Å². The fraction of sp³-hybridized carbons (Fsp3) is 0.571. The van der Waals surface area contributed by atoms with Gasteiger partial charge in [0.25, 0.3) is 0 Å². The molecule has 154 valence electrons. The van der Waals surface area contributed by atoms with Gasteiger partial charge in [-0.25, -0.2) is 17.6 Å². The van der Waals surface area contributed by atoms with E-state index in [4.69, 9.17) is 9.47 Å². The first kappa shape index (κ1) is 21.9. The molecule has 0 radical (unpaired) electrons. The predicted octanol–water partition coefficient (Wildman–Crippen LogP) is 3.34. The molecule has 5 nitrogen and oxygen atoms in total. The zero-order chi connectivity index (χ0) is 20.8. The van der Waals surface area contributed by atoms with Gasteiger partial charge >= 0.3 is 16.3 Å². The Morgan fingerprint density at radius 2 is 1.48 bits per heavy atom. The summed E-state index contributed by atoms with van der Waals surface area (Å²) in [6.45, 7) is 1.53. The summed E-state index contributed by atoms with van der Waals surface area (Å²) in [7, 11) is -5.90. The van der Waals surface area contributed by atoms with Crippen molar-refractivity contribution in [2.45, 2.75) is 43.2 Å². The molecule has 1 saturated heterocycles. The van der Waals surface area contributed by atoms with Crippen molar-refractivity contribution in [3.05, 3.63) is 28.8 Å². The van der Waals surface area contributed by atoms with E-state index in [1.54, 1.807) is 0 Å². The summed E-state index contributed by atoms with van der Waals surface area (Å²) in [5.41, 5.74) is -1.18. The number of ether oxygens (including phenoxy) is 2. The highest BCUT2D eigenvalue weighted by Gasteiger charge is 2.50. The lowest BCUT2D eigenvalue weighted by Gasteiger charge is -2.28. The van der Waals surface area contributed by atoms with Crippen molar-refractivity contribution in [3.8, 4) is 0 Å². The minimum Gasteiger partial charge on any atom is -0.348 e. The first-order valence-corrected chi connectivity index (χ1v) is 8.71. The van der Waals surface area contributed by atoms with Gasteiger partial charge in [0.15, 0.2) is 40.1 Å². The van der Waals surface area contributed by atoms with Crippen molar-refractivity contribution in [3.63, 3.8) is 0 Å². The van der Waals surface area contributed by atoms with Crippen molar-refractivity contribution >= 4 is 10.1 Å². The Kier molecular flexibility index (Phi) is 5.82. The highest BCUT2D eigenvalue weighted by Crippen LogP contribution is 2.36. The average Bonchev–Trinajstić information content (AvgIpc) is 2.95. The summed E-state index contributed by atoms with van der Waals surface area (Å²) >= 11 is 0. The predicted molar refractivity (Wildman–Crippen MR) is 74.1 cm³/mol. The molecule has 1 atom stereocenters. The molecule has 0 N–H and O–H groups in total. The van der Waals surface area contributed by atoms with Crippen LogP contribution in [0.15, 0.2) is 4.90 Å². The molecule has 1 aliphatic rings. The monoisotopic (exact) mass is 426 g/mol. The third-order valence-corrected chi connectivity index (χ3v) is 5.10. The van der Waals surface area contributed by atoms with Gasteiger partial charge in [-0.05, 0) is 13.8 Å². The summed E-state index contributed by atoms with van der Waals surface area (Å²) in [6, 6.07) is 0. The summed E-state index contributed by atoms with van der Waals surface area (Å²) in [4.78, 5) is -2.30. The average molecular weight is 426 g/mol. The standard InChI is InChI=1S/C14H13F7O5S/c1-6-8(15)10(17)12(11(18)9(6)16)27(22,23)26-7(14(19,20)21)5-13(2)24-3-4-25-13/h7H,3-5H2,1-2H3. The van der Waals surface area contributed by atoms with Crippen molar-refractivity contribution < 1.29 is 52.8 Å². The van der Waals surface area contributed by atoms with Gasteiger partial charge in [-0.1, -0.05) is 0 Å². The topological polar surface area (TPSA) is 61.8 Å². The van der Waals surface area contributed by atoms with E-state index in [-0.39, 0.29) is 13.2 Å². The highest BCUT2D eigenvalue weighted by atomic mass is 32.2. The molecule has 0 bridgehead atoms. The van der Waals surface area contributed by atoms with Crippen molar-refractivity contribution in [2.24, 2.45) is 0 Å². The van der Waals surface area contributed by atoms with Crippen LogP contribution in [-0.2, 0) is 23.8 Å². The molecular weight excluding hydrogens is 413 g/mol. The molecule has 0 saturated carbocycles. The van der Waals surface area contributed by atoms with E-state index in [2.05, 4.69) is 4.18 Å². The van der Waals surface area contributed by atoms with Gasteiger partial charge in [0, 0.05) is 12.0 Å². The van der Waals surface area contributed by atoms with Crippen LogP contribution < -0.4 is 0 Å². The van der Waals surface area contributed by atoms with Crippen LogP contribution >= 0.6 is 0 Å². The van der Waals surface area contributed by atoms with E-state index in [0.29, 0.717) is 6.92 Å². The van der Waals surface area contributed by atoms with E-state index in [0.717, 1.165) is 6.92 Å². The Bertz CT molecular complexity index is 802. The molecule has 1 unspecified atom stereocenters. The Morgan fingerprint density at radius 1 is 1.04 bits per heavy atom. The summed E-state index contributed by atoms with van der Waals surface area (Å²) in [5, 5.41) is 0. The molecule has 13 heteroatoms. The van der Waals surface area contributed by atoms with Crippen LogP contribution in [-0.4, -0.2) is 39.7 Å². The lowest BCUT2D eigenvalue weighted by molar-refractivity contribution is -0.233. The zero-order valence-electron chi connectivity index (χ0n) is 13.8. The maximum atomic E-state index is 13.9. The van der Waals surface area contributed by atoms with Crippen LogP contribution in [0.25, 0.3) is 0 Å². The molecular formula is C14H13F7O5S. The van der Waals surface area contributed by atoms with Gasteiger partial charge in [-0.15, -0.1) is 0 Å². The Balaban J connectivity index is 2.46. The second-order valence-electron chi connectivity index (χ2n) is 5.83. The molecule has 1 aromatic rings. The van der Waals surface area contributed by atoms with Gasteiger partial charge in [0.2, 0.25) is 0 Å². The van der Waals surface area contributed by atoms with Crippen LogP contribution in [0.4, 0.5) is 30.7 Å². The Morgan fingerprint density at radius 3 is 1.89 bits per heavy atom.